The van der Waals surface area contributed by atoms with Crippen LogP contribution in [0.5, 0.6) is 5.75 Å². The molecule has 30 heavy (non-hydrogen) atoms. The third kappa shape index (κ3) is 3.73. The average molecular weight is 428 g/mol. The Morgan fingerprint density at radius 3 is 2.50 bits per heavy atom. The maximum absolute atomic E-state index is 13.2. The number of nitrogens with one attached hydrogen (secondary N) is 1. The van der Waals surface area contributed by atoms with Crippen molar-refractivity contribution in [3.63, 3.8) is 0 Å². The molecule has 2 heterocycles. The lowest BCUT2D eigenvalue weighted by Crippen LogP contribution is -2.59. The molecule has 2 fully saturated rings. The average Bonchev–Trinajstić information content (AvgIpc) is 2.98. The second-order valence-corrected chi connectivity index (χ2v) is 8.03. The van der Waals surface area contributed by atoms with E-state index in [4.69, 9.17) is 16.3 Å². The normalized spacial score (nSPS) is 21.1. The van der Waals surface area contributed by atoms with Crippen LogP contribution in [0, 0.1) is 0 Å². The fourth-order valence-corrected chi connectivity index (χ4v) is 4.14. The molecule has 0 aliphatic carbocycles. The zero-order valence-electron chi connectivity index (χ0n) is 16.6. The van der Waals surface area contributed by atoms with Crippen LogP contribution in [0.25, 0.3) is 0 Å². The van der Waals surface area contributed by atoms with Crippen LogP contribution < -0.4 is 10.1 Å². The second kappa shape index (κ2) is 7.99. The van der Waals surface area contributed by atoms with Gasteiger partial charge in [-0.3, -0.25) is 14.5 Å². The van der Waals surface area contributed by atoms with Crippen LogP contribution in [0.3, 0.4) is 0 Å². The Balaban J connectivity index is 1.50. The predicted molar refractivity (Wildman–Crippen MR) is 111 cm³/mol. The van der Waals surface area contributed by atoms with Crippen molar-refractivity contribution in [2.45, 2.75) is 24.9 Å². The lowest BCUT2D eigenvalue weighted by Gasteiger charge is -2.38. The smallest absolute Gasteiger partial charge is 0.325 e. The van der Waals surface area contributed by atoms with Gasteiger partial charge in [0.15, 0.2) is 0 Å². The van der Waals surface area contributed by atoms with Crippen LogP contribution in [0.4, 0.5) is 4.79 Å². The first-order valence-electron chi connectivity index (χ1n) is 9.74. The van der Waals surface area contributed by atoms with E-state index in [0.717, 1.165) is 5.56 Å². The van der Waals surface area contributed by atoms with Crippen LogP contribution in [-0.4, -0.2) is 53.4 Å². The van der Waals surface area contributed by atoms with E-state index in [-0.39, 0.29) is 24.9 Å². The highest BCUT2D eigenvalue weighted by Crippen LogP contribution is 2.30. The molecule has 2 aliphatic heterocycles. The first-order valence-corrected chi connectivity index (χ1v) is 10.1. The number of imide groups is 1. The minimum atomic E-state index is -1.08. The van der Waals surface area contributed by atoms with Crippen LogP contribution in [0.15, 0.2) is 48.5 Å². The molecule has 1 unspecified atom stereocenters. The molecular formula is C22H22ClN3O4. The van der Waals surface area contributed by atoms with Gasteiger partial charge in [-0.2, -0.15) is 0 Å². The van der Waals surface area contributed by atoms with Crippen molar-refractivity contribution >= 4 is 29.4 Å². The van der Waals surface area contributed by atoms with E-state index in [1.165, 1.54) is 4.90 Å². The first kappa shape index (κ1) is 20.2. The maximum Gasteiger partial charge on any atom is 0.325 e. The van der Waals surface area contributed by atoms with Gasteiger partial charge < -0.3 is 15.0 Å². The highest BCUT2D eigenvalue weighted by Gasteiger charge is 2.53. The largest absolute Gasteiger partial charge is 0.497 e. The van der Waals surface area contributed by atoms with Gasteiger partial charge >= 0.3 is 6.03 Å². The van der Waals surface area contributed by atoms with Crippen molar-refractivity contribution in [1.29, 1.82) is 0 Å². The molecular weight excluding hydrogens is 406 g/mol. The van der Waals surface area contributed by atoms with E-state index < -0.39 is 11.6 Å². The standard InChI is InChI=1S/C22H22ClN3O4/c1-30-18-9-5-16(6-10-18)19(27)25-12-2-11-22(14-25)20(28)26(21(29)24-22)13-15-3-7-17(23)8-4-15/h3-10H,2,11-14H2,1H3,(H,24,29). The van der Waals surface area contributed by atoms with Gasteiger partial charge in [-0.15, -0.1) is 0 Å². The first-order chi connectivity index (χ1) is 14.4. The minimum absolute atomic E-state index is 0.152. The van der Waals surface area contributed by atoms with Crippen molar-refractivity contribution in [2.24, 2.45) is 0 Å². The van der Waals surface area contributed by atoms with Crippen molar-refractivity contribution in [2.75, 3.05) is 20.2 Å². The van der Waals surface area contributed by atoms with E-state index in [1.54, 1.807) is 60.5 Å². The molecule has 2 aromatic rings. The fourth-order valence-electron chi connectivity index (χ4n) is 4.01. The summed E-state index contributed by atoms with van der Waals surface area (Å²) < 4.78 is 5.13. The minimum Gasteiger partial charge on any atom is -0.497 e. The SMILES string of the molecule is COc1ccc(C(=O)N2CCCC3(C2)NC(=O)N(Cc2ccc(Cl)cc2)C3=O)cc1. The van der Waals surface area contributed by atoms with Gasteiger partial charge in [-0.25, -0.2) is 4.79 Å². The molecule has 2 aliphatic rings. The van der Waals surface area contributed by atoms with Crippen LogP contribution in [-0.2, 0) is 11.3 Å². The number of halogens is 1. The van der Waals surface area contributed by atoms with Gasteiger partial charge in [0.2, 0.25) is 0 Å². The molecule has 156 valence electrons. The quantitative estimate of drug-likeness (QED) is 0.760. The van der Waals surface area contributed by atoms with E-state index in [9.17, 15) is 14.4 Å². The summed E-state index contributed by atoms with van der Waals surface area (Å²) >= 11 is 5.91. The molecule has 2 aromatic carbocycles. The number of piperidine rings is 1. The highest BCUT2D eigenvalue weighted by atomic mass is 35.5. The molecule has 0 aromatic heterocycles. The lowest BCUT2D eigenvalue weighted by atomic mass is 9.88. The Morgan fingerprint density at radius 2 is 1.83 bits per heavy atom. The third-order valence-corrected chi connectivity index (χ3v) is 5.87. The van der Waals surface area contributed by atoms with Gasteiger partial charge in [-0.05, 0) is 54.8 Å². The molecule has 0 saturated carbocycles. The van der Waals surface area contributed by atoms with Crippen molar-refractivity contribution < 1.29 is 19.1 Å². The van der Waals surface area contributed by atoms with Gasteiger partial charge in [0.1, 0.15) is 11.3 Å². The summed E-state index contributed by atoms with van der Waals surface area (Å²) in [7, 11) is 1.56. The summed E-state index contributed by atoms with van der Waals surface area (Å²) in [5.41, 5.74) is 0.244. The van der Waals surface area contributed by atoms with E-state index in [2.05, 4.69) is 5.32 Å². The van der Waals surface area contributed by atoms with Gasteiger partial charge in [-0.1, -0.05) is 23.7 Å². The summed E-state index contributed by atoms with van der Waals surface area (Å²) in [6.07, 6.45) is 1.13. The molecule has 1 N–H and O–H groups in total. The summed E-state index contributed by atoms with van der Waals surface area (Å²) in [6, 6.07) is 13.4. The topological polar surface area (TPSA) is 79.0 Å². The van der Waals surface area contributed by atoms with Crippen molar-refractivity contribution in [1.82, 2.24) is 15.1 Å². The molecule has 0 radical (unpaired) electrons. The number of methoxy groups -OCH3 is 1. The number of amides is 4. The molecule has 1 atom stereocenters. The number of hydrogen-bond acceptors (Lipinski definition) is 4. The van der Waals surface area contributed by atoms with E-state index in [1.807, 2.05) is 0 Å². The Bertz CT molecular complexity index is 977. The summed E-state index contributed by atoms with van der Waals surface area (Å²) in [4.78, 5) is 41.6. The second-order valence-electron chi connectivity index (χ2n) is 7.59. The molecule has 4 rings (SSSR count). The Hall–Kier alpha value is -3.06. The number of urea groups is 1. The molecule has 8 heteroatoms. The zero-order chi connectivity index (χ0) is 21.3. The molecule has 1 spiro atoms. The van der Waals surface area contributed by atoms with Crippen LogP contribution >= 0.6 is 11.6 Å². The van der Waals surface area contributed by atoms with Crippen molar-refractivity contribution in [3.05, 3.63) is 64.7 Å². The Kier molecular flexibility index (Phi) is 5.39. The fraction of sp³-hybridized carbons (Fsp3) is 0.318. The third-order valence-electron chi connectivity index (χ3n) is 5.62. The number of ether oxygens (including phenoxy) is 1. The molecule has 2 saturated heterocycles. The maximum atomic E-state index is 13.2. The molecule has 7 nitrogen and oxygen atoms in total. The van der Waals surface area contributed by atoms with Gasteiger partial charge in [0, 0.05) is 17.1 Å². The number of hydrogen-bond donors (Lipinski definition) is 1. The zero-order valence-corrected chi connectivity index (χ0v) is 17.3. The molecule has 0 bridgehead atoms. The summed E-state index contributed by atoms with van der Waals surface area (Å²) in [5, 5.41) is 3.44. The number of benzene rings is 2. The van der Waals surface area contributed by atoms with Crippen LogP contribution in [0.1, 0.15) is 28.8 Å². The van der Waals surface area contributed by atoms with E-state index >= 15 is 0 Å². The summed E-state index contributed by atoms with van der Waals surface area (Å²) in [6.45, 7) is 0.850. The monoisotopic (exact) mass is 427 g/mol. The predicted octanol–water partition coefficient (Wildman–Crippen LogP) is 3.08. The lowest BCUT2D eigenvalue weighted by molar-refractivity contribution is -0.133. The summed E-state index contributed by atoms with van der Waals surface area (Å²) in [5.74, 6) is 0.197. The number of likely N-dealkylation sites (tertiary alicyclic amines) is 1. The van der Waals surface area contributed by atoms with Gasteiger partial charge in [0.05, 0.1) is 20.2 Å². The van der Waals surface area contributed by atoms with Gasteiger partial charge in [0.25, 0.3) is 11.8 Å². The van der Waals surface area contributed by atoms with Crippen LogP contribution in [0.2, 0.25) is 5.02 Å². The van der Waals surface area contributed by atoms with E-state index in [0.29, 0.717) is 35.7 Å². The molecule has 4 amide bonds. The number of rotatable bonds is 4. The number of nitrogens with zero attached hydrogens (tertiary/aromatic N) is 2. The Morgan fingerprint density at radius 1 is 1.13 bits per heavy atom. The van der Waals surface area contributed by atoms with Crippen molar-refractivity contribution in [3.8, 4) is 5.75 Å². The number of carbonyl (C=O) groups excluding carboxylic acids is 3. The Labute approximate surface area is 179 Å². The highest BCUT2D eigenvalue weighted by molar-refractivity contribution is 6.30. The number of carbonyl (C=O) groups is 3.